The molecule has 21 heavy (non-hydrogen) atoms. The van der Waals surface area contributed by atoms with Crippen LogP contribution in [0.5, 0.6) is 5.75 Å². The van der Waals surface area contributed by atoms with Gasteiger partial charge in [-0.25, -0.2) is 0 Å². The molecule has 0 bridgehead atoms. The third kappa shape index (κ3) is 3.90. The van der Waals surface area contributed by atoms with Crippen LogP contribution in [0.1, 0.15) is 19.4 Å². The first kappa shape index (κ1) is 15.2. The number of benzene rings is 1. The minimum Gasteiger partial charge on any atom is -0.496 e. The maximum absolute atomic E-state index is 5.84. The second-order valence-corrected chi connectivity index (χ2v) is 5.49. The van der Waals surface area contributed by atoms with E-state index in [1.807, 2.05) is 24.4 Å². The summed E-state index contributed by atoms with van der Waals surface area (Å²) < 4.78 is 5.43. The Bertz CT molecular complexity index is 616. The van der Waals surface area contributed by atoms with Crippen molar-refractivity contribution in [3.05, 3.63) is 30.0 Å². The first-order chi connectivity index (χ1) is 10.1. The zero-order valence-electron chi connectivity index (χ0n) is 12.9. The summed E-state index contributed by atoms with van der Waals surface area (Å²) in [4.78, 5) is 7.56. The lowest BCUT2D eigenvalue weighted by Crippen LogP contribution is -2.33. The fourth-order valence-electron chi connectivity index (χ4n) is 2.25. The van der Waals surface area contributed by atoms with Crippen LogP contribution in [0.25, 0.3) is 10.9 Å². The summed E-state index contributed by atoms with van der Waals surface area (Å²) in [5.74, 6) is 1.92. The van der Waals surface area contributed by atoms with Crippen molar-refractivity contribution in [1.82, 2.24) is 10.3 Å². The molecule has 0 atom stereocenters. The smallest absolute Gasteiger partial charge is 0.188 e. The van der Waals surface area contributed by atoms with E-state index < -0.39 is 0 Å². The minimum absolute atomic E-state index is 0.510. The van der Waals surface area contributed by atoms with E-state index in [1.165, 1.54) is 5.56 Å². The predicted molar refractivity (Wildman–Crippen MR) is 87.9 cm³/mol. The van der Waals surface area contributed by atoms with Gasteiger partial charge in [0.2, 0.25) is 0 Å². The fourth-order valence-corrected chi connectivity index (χ4v) is 2.25. The summed E-state index contributed by atoms with van der Waals surface area (Å²) in [6.07, 6.45) is 2.88. The predicted octanol–water partition coefficient (Wildman–Crippen LogP) is 2.28. The van der Waals surface area contributed by atoms with Gasteiger partial charge in [-0.05, 0) is 30.0 Å². The van der Waals surface area contributed by atoms with E-state index in [9.17, 15) is 0 Å². The molecule has 5 nitrogen and oxygen atoms in total. The van der Waals surface area contributed by atoms with Gasteiger partial charge in [-0.1, -0.05) is 19.9 Å². The van der Waals surface area contributed by atoms with Crippen molar-refractivity contribution in [2.24, 2.45) is 16.6 Å². The number of hydrogen-bond acceptors (Lipinski definition) is 2. The van der Waals surface area contributed by atoms with Crippen molar-refractivity contribution in [2.75, 3.05) is 20.2 Å². The molecule has 0 aliphatic rings. The highest BCUT2D eigenvalue weighted by molar-refractivity contribution is 5.89. The molecule has 2 aromatic rings. The number of aliphatic imine (C=N–C) groups is 1. The summed E-state index contributed by atoms with van der Waals surface area (Å²) in [5, 5.41) is 4.29. The molecule has 2 rings (SSSR count). The quantitative estimate of drug-likeness (QED) is 0.564. The topological polar surface area (TPSA) is 75.4 Å². The molecule has 0 radical (unpaired) electrons. The van der Waals surface area contributed by atoms with Crippen molar-refractivity contribution in [3.63, 3.8) is 0 Å². The molecule has 114 valence electrons. The first-order valence-electron chi connectivity index (χ1n) is 7.28. The van der Waals surface area contributed by atoms with E-state index in [4.69, 9.17) is 10.5 Å². The van der Waals surface area contributed by atoms with Crippen LogP contribution >= 0.6 is 0 Å². The van der Waals surface area contributed by atoms with Crippen molar-refractivity contribution in [1.29, 1.82) is 0 Å². The van der Waals surface area contributed by atoms with E-state index in [0.29, 0.717) is 11.9 Å². The molecule has 1 heterocycles. The summed E-state index contributed by atoms with van der Waals surface area (Å²) >= 11 is 0. The zero-order chi connectivity index (χ0) is 15.2. The van der Waals surface area contributed by atoms with Crippen molar-refractivity contribution in [2.45, 2.75) is 20.3 Å². The van der Waals surface area contributed by atoms with E-state index in [-0.39, 0.29) is 0 Å². The molecule has 4 N–H and O–H groups in total. The Labute approximate surface area is 125 Å². The number of nitrogens with zero attached hydrogens (tertiary/aromatic N) is 1. The molecule has 1 aromatic heterocycles. The fraction of sp³-hybridized carbons (Fsp3) is 0.438. The second-order valence-electron chi connectivity index (χ2n) is 5.49. The van der Waals surface area contributed by atoms with Gasteiger partial charge in [-0.15, -0.1) is 0 Å². The Morgan fingerprint density at radius 1 is 1.43 bits per heavy atom. The van der Waals surface area contributed by atoms with Gasteiger partial charge in [0.1, 0.15) is 5.75 Å². The Balaban J connectivity index is 1.99. The number of hydrogen-bond donors (Lipinski definition) is 3. The van der Waals surface area contributed by atoms with Gasteiger partial charge in [0.25, 0.3) is 0 Å². The van der Waals surface area contributed by atoms with Gasteiger partial charge < -0.3 is 20.8 Å². The minimum atomic E-state index is 0.510. The monoisotopic (exact) mass is 288 g/mol. The maximum atomic E-state index is 5.84. The third-order valence-corrected chi connectivity index (χ3v) is 3.30. The number of ether oxygens (including phenoxy) is 1. The number of guanidine groups is 1. The lowest BCUT2D eigenvalue weighted by Gasteiger charge is -2.07. The standard InChI is InChI=1S/C16H24N4O/c1-11(2)9-20-16(17)18-8-7-12-10-19-13-5-4-6-14(21-3)15(12)13/h4-6,10-11,19H,7-9H2,1-3H3,(H3,17,18,20). The first-order valence-corrected chi connectivity index (χ1v) is 7.28. The molecule has 1 aromatic carbocycles. The van der Waals surface area contributed by atoms with Gasteiger partial charge >= 0.3 is 0 Å². The lowest BCUT2D eigenvalue weighted by molar-refractivity contribution is 0.419. The van der Waals surface area contributed by atoms with Crippen molar-refractivity contribution in [3.8, 4) is 5.75 Å². The molecular formula is C16H24N4O. The lowest BCUT2D eigenvalue weighted by atomic mass is 10.1. The maximum Gasteiger partial charge on any atom is 0.188 e. The SMILES string of the molecule is COc1cccc2[nH]cc(CCNC(N)=NCC(C)C)c12. The van der Waals surface area contributed by atoms with Crippen LogP contribution in [0.15, 0.2) is 29.4 Å². The highest BCUT2D eigenvalue weighted by Gasteiger charge is 2.08. The molecule has 0 unspecified atom stereocenters. The number of aromatic nitrogens is 1. The van der Waals surface area contributed by atoms with Crippen LogP contribution in [0.4, 0.5) is 0 Å². The van der Waals surface area contributed by atoms with Crippen LogP contribution in [0.3, 0.4) is 0 Å². The Kier molecular flexibility index (Phi) is 5.09. The normalized spacial score (nSPS) is 12.1. The molecule has 0 aliphatic carbocycles. The van der Waals surface area contributed by atoms with E-state index >= 15 is 0 Å². The number of rotatable bonds is 6. The number of methoxy groups -OCH3 is 1. The van der Waals surface area contributed by atoms with Crippen LogP contribution in [-0.4, -0.2) is 31.1 Å². The number of nitrogens with one attached hydrogen (secondary N) is 2. The Morgan fingerprint density at radius 3 is 2.95 bits per heavy atom. The van der Waals surface area contributed by atoms with Crippen LogP contribution in [-0.2, 0) is 6.42 Å². The highest BCUT2D eigenvalue weighted by atomic mass is 16.5. The average molecular weight is 288 g/mol. The summed E-state index contributed by atoms with van der Waals surface area (Å²) in [6, 6.07) is 6.01. The van der Waals surface area contributed by atoms with Gasteiger partial charge in [-0.3, -0.25) is 4.99 Å². The van der Waals surface area contributed by atoms with Crippen LogP contribution in [0.2, 0.25) is 0 Å². The van der Waals surface area contributed by atoms with Gasteiger partial charge in [0.05, 0.1) is 7.11 Å². The zero-order valence-corrected chi connectivity index (χ0v) is 12.9. The Hall–Kier alpha value is -2.17. The molecule has 0 saturated heterocycles. The highest BCUT2D eigenvalue weighted by Crippen LogP contribution is 2.28. The Morgan fingerprint density at radius 2 is 2.24 bits per heavy atom. The van der Waals surface area contributed by atoms with Gasteiger partial charge in [-0.2, -0.15) is 0 Å². The number of aromatic amines is 1. The summed E-state index contributed by atoms with van der Waals surface area (Å²) in [6.45, 7) is 5.74. The molecule has 0 spiro atoms. The van der Waals surface area contributed by atoms with Crippen molar-refractivity contribution < 1.29 is 4.74 Å². The molecule has 5 heteroatoms. The molecule has 0 fully saturated rings. The number of nitrogens with two attached hydrogens (primary N) is 1. The van der Waals surface area contributed by atoms with Crippen molar-refractivity contribution >= 4 is 16.9 Å². The number of H-pyrrole nitrogens is 1. The molecule has 0 aliphatic heterocycles. The van der Waals surface area contributed by atoms with E-state index in [0.717, 1.165) is 36.2 Å². The molecular weight excluding hydrogens is 264 g/mol. The largest absolute Gasteiger partial charge is 0.496 e. The van der Waals surface area contributed by atoms with Gasteiger partial charge in [0, 0.05) is 30.2 Å². The molecule has 0 saturated carbocycles. The third-order valence-electron chi connectivity index (χ3n) is 3.30. The average Bonchev–Trinajstić information content (AvgIpc) is 2.88. The van der Waals surface area contributed by atoms with Gasteiger partial charge in [0.15, 0.2) is 5.96 Å². The van der Waals surface area contributed by atoms with E-state index in [1.54, 1.807) is 7.11 Å². The van der Waals surface area contributed by atoms with E-state index in [2.05, 4.69) is 29.1 Å². The summed E-state index contributed by atoms with van der Waals surface area (Å²) in [7, 11) is 1.69. The second kappa shape index (κ2) is 7.02. The number of fused-ring (bicyclic) bond motifs is 1. The summed E-state index contributed by atoms with van der Waals surface area (Å²) in [5.41, 5.74) is 8.14. The molecule has 0 amide bonds. The van der Waals surface area contributed by atoms with Crippen LogP contribution in [0, 0.1) is 5.92 Å². The van der Waals surface area contributed by atoms with Crippen LogP contribution < -0.4 is 15.8 Å².